The van der Waals surface area contributed by atoms with Gasteiger partial charge < -0.3 is 11.1 Å². The Balaban J connectivity index is 3.66. The molecule has 0 atom stereocenters. The van der Waals surface area contributed by atoms with E-state index < -0.39 is 0 Å². The van der Waals surface area contributed by atoms with Gasteiger partial charge >= 0.3 is 0 Å². The van der Waals surface area contributed by atoms with Crippen LogP contribution in [0.1, 0.15) is 27.2 Å². The van der Waals surface area contributed by atoms with E-state index in [4.69, 9.17) is 5.73 Å². The topological polar surface area (TPSA) is 67.5 Å². The molecule has 0 aromatic rings. The molecule has 0 saturated carbocycles. The van der Waals surface area contributed by atoms with Crippen LogP contribution in [0.5, 0.6) is 0 Å². The smallest absolute Gasteiger partial charge is 0.221 e. The molecular formula is C9H19N3O. The Hall–Kier alpha value is -1.06. The van der Waals surface area contributed by atoms with Gasteiger partial charge in [0.05, 0.1) is 5.84 Å². The maximum absolute atomic E-state index is 11.0. The van der Waals surface area contributed by atoms with Gasteiger partial charge in [-0.15, -0.1) is 0 Å². The van der Waals surface area contributed by atoms with E-state index in [1.54, 1.807) is 0 Å². The SMILES string of the molecule is CCNC(=O)CCN=C(N)C(C)C. The maximum atomic E-state index is 11.0. The minimum atomic E-state index is 0.0304. The Kier molecular flexibility index (Phi) is 5.93. The molecule has 0 aliphatic heterocycles. The summed E-state index contributed by atoms with van der Waals surface area (Å²) in [6, 6.07) is 0. The van der Waals surface area contributed by atoms with E-state index in [0.29, 0.717) is 25.3 Å². The van der Waals surface area contributed by atoms with Crippen molar-refractivity contribution in [2.75, 3.05) is 13.1 Å². The van der Waals surface area contributed by atoms with E-state index in [1.807, 2.05) is 20.8 Å². The third-order valence-corrected chi connectivity index (χ3v) is 1.60. The van der Waals surface area contributed by atoms with Crippen LogP contribution in [-0.4, -0.2) is 24.8 Å². The fourth-order valence-electron chi connectivity index (χ4n) is 0.755. The van der Waals surface area contributed by atoms with Crippen LogP contribution in [0.25, 0.3) is 0 Å². The lowest BCUT2D eigenvalue weighted by Gasteiger charge is -2.03. The average molecular weight is 185 g/mol. The number of hydrogen-bond donors (Lipinski definition) is 2. The molecule has 0 saturated heterocycles. The van der Waals surface area contributed by atoms with E-state index in [0.717, 1.165) is 0 Å². The standard InChI is InChI=1S/C9H19N3O/c1-4-11-8(13)5-6-12-9(10)7(2)3/h7H,4-6H2,1-3H3,(H2,10,12)(H,11,13). The first kappa shape index (κ1) is 11.9. The minimum absolute atomic E-state index is 0.0304. The molecule has 0 aliphatic carbocycles. The molecular weight excluding hydrogens is 166 g/mol. The molecule has 76 valence electrons. The van der Waals surface area contributed by atoms with Crippen LogP contribution in [0.4, 0.5) is 0 Å². The van der Waals surface area contributed by atoms with Crippen molar-refractivity contribution in [3.63, 3.8) is 0 Å². The van der Waals surface area contributed by atoms with Crippen LogP contribution in [0.2, 0.25) is 0 Å². The Morgan fingerprint density at radius 1 is 1.54 bits per heavy atom. The zero-order chi connectivity index (χ0) is 10.3. The summed E-state index contributed by atoms with van der Waals surface area (Å²) in [4.78, 5) is 15.1. The highest BCUT2D eigenvalue weighted by Crippen LogP contribution is 1.92. The van der Waals surface area contributed by atoms with Gasteiger partial charge in [0.2, 0.25) is 5.91 Å². The van der Waals surface area contributed by atoms with Gasteiger partial charge in [-0.3, -0.25) is 9.79 Å². The van der Waals surface area contributed by atoms with Crippen molar-refractivity contribution in [2.24, 2.45) is 16.6 Å². The van der Waals surface area contributed by atoms with Gasteiger partial charge in [-0.2, -0.15) is 0 Å². The van der Waals surface area contributed by atoms with Crippen molar-refractivity contribution in [3.05, 3.63) is 0 Å². The van der Waals surface area contributed by atoms with Crippen LogP contribution in [0.3, 0.4) is 0 Å². The van der Waals surface area contributed by atoms with Gasteiger partial charge in [-0.05, 0) is 6.92 Å². The van der Waals surface area contributed by atoms with Crippen LogP contribution in [0.15, 0.2) is 4.99 Å². The second-order valence-corrected chi connectivity index (χ2v) is 3.16. The fraction of sp³-hybridized carbons (Fsp3) is 0.778. The molecule has 0 radical (unpaired) electrons. The first-order valence-corrected chi connectivity index (χ1v) is 4.64. The Morgan fingerprint density at radius 3 is 2.62 bits per heavy atom. The lowest BCUT2D eigenvalue weighted by molar-refractivity contribution is -0.120. The second kappa shape index (κ2) is 6.46. The number of amidine groups is 1. The maximum Gasteiger partial charge on any atom is 0.221 e. The summed E-state index contributed by atoms with van der Waals surface area (Å²) >= 11 is 0. The highest BCUT2D eigenvalue weighted by molar-refractivity contribution is 5.82. The number of nitrogens with one attached hydrogen (secondary N) is 1. The third kappa shape index (κ3) is 6.13. The number of nitrogens with two attached hydrogens (primary N) is 1. The highest BCUT2D eigenvalue weighted by Gasteiger charge is 2.00. The zero-order valence-corrected chi connectivity index (χ0v) is 8.63. The van der Waals surface area contributed by atoms with Crippen LogP contribution in [-0.2, 0) is 4.79 Å². The van der Waals surface area contributed by atoms with Crippen molar-refractivity contribution in [1.29, 1.82) is 0 Å². The number of aliphatic imine (C=N–C) groups is 1. The molecule has 0 aromatic heterocycles. The van der Waals surface area contributed by atoms with Gasteiger partial charge in [-0.1, -0.05) is 13.8 Å². The number of carbonyl (C=O) groups excluding carboxylic acids is 1. The number of hydrogen-bond acceptors (Lipinski definition) is 2. The zero-order valence-electron chi connectivity index (χ0n) is 8.63. The van der Waals surface area contributed by atoms with Crippen molar-refractivity contribution in [3.8, 4) is 0 Å². The molecule has 0 fully saturated rings. The predicted octanol–water partition coefficient (Wildman–Crippen LogP) is 0.526. The van der Waals surface area contributed by atoms with Crippen LogP contribution >= 0.6 is 0 Å². The van der Waals surface area contributed by atoms with Crippen LogP contribution < -0.4 is 11.1 Å². The number of nitrogens with zero attached hydrogens (tertiary/aromatic N) is 1. The van der Waals surface area contributed by atoms with Gasteiger partial charge in [0, 0.05) is 25.4 Å². The van der Waals surface area contributed by atoms with Gasteiger partial charge in [-0.25, -0.2) is 0 Å². The molecule has 0 aromatic carbocycles. The molecule has 0 spiro atoms. The van der Waals surface area contributed by atoms with Crippen molar-refractivity contribution in [2.45, 2.75) is 27.2 Å². The largest absolute Gasteiger partial charge is 0.387 e. The van der Waals surface area contributed by atoms with E-state index in [-0.39, 0.29) is 11.8 Å². The molecule has 1 amide bonds. The van der Waals surface area contributed by atoms with Crippen molar-refractivity contribution in [1.82, 2.24) is 5.32 Å². The Morgan fingerprint density at radius 2 is 2.15 bits per heavy atom. The van der Waals surface area contributed by atoms with Crippen molar-refractivity contribution >= 4 is 11.7 Å². The van der Waals surface area contributed by atoms with E-state index in [9.17, 15) is 4.79 Å². The molecule has 3 N–H and O–H groups in total. The summed E-state index contributed by atoms with van der Waals surface area (Å²) in [7, 11) is 0. The number of amides is 1. The van der Waals surface area contributed by atoms with E-state index >= 15 is 0 Å². The molecule has 4 heteroatoms. The van der Waals surface area contributed by atoms with Gasteiger partial charge in [0.25, 0.3) is 0 Å². The minimum Gasteiger partial charge on any atom is -0.387 e. The molecule has 0 aliphatic rings. The number of carbonyl (C=O) groups is 1. The third-order valence-electron chi connectivity index (χ3n) is 1.60. The lowest BCUT2D eigenvalue weighted by atomic mass is 10.2. The molecule has 0 rings (SSSR count). The highest BCUT2D eigenvalue weighted by atomic mass is 16.1. The van der Waals surface area contributed by atoms with E-state index in [2.05, 4.69) is 10.3 Å². The average Bonchev–Trinajstić information content (AvgIpc) is 2.04. The first-order chi connectivity index (χ1) is 6.07. The monoisotopic (exact) mass is 185 g/mol. The molecule has 0 heterocycles. The number of rotatable bonds is 5. The lowest BCUT2D eigenvalue weighted by Crippen LogP contribution is -2.24. The summed E-state index contributed by atoms with van der Waals surface area (Å²) in [5.41, 5.74) is 5.59. The Labute approximate surface area is 79.6 Å². The molecule has 0 unspecified atom stereocenters. The Bertz CT molecular complexity index is 187. The fourth-order valence-corrected chi connectivity index (χ4v) is 0.755. The van der Waals surface area contributed by atoms with Gasteiger partial charge in [0.15, 0.2) is 0 Å². The summed E-state index contributed by atoms with van der Waals surface area (Å²) in [5, 5.41) is 2.70. The van der Waals surface area contributed by atoms with Crippen LogP contribution in [0, 0.1) is 5.92 Å². The summed E-state index contributed by atoms with van der Waals surface area (Å²) in [5.74, 6) is 0.904. The normalized spacial score (nSPS) is 11.8. The summed E-state index contributed by atoms with van der Waals surface area (Å²) in [6.45, 7) is 7.00. The second-order valence-electron chi connectivity index (χ2n) is 3.16. The van der Waals surface area contributed by atoms with Gasteiger partial charge in [0.1, 0.15) is 0 Å². The summed E-state index contributed by atoms with van der Waals surface area (Å²) < 4.78 is 0. The van der Waals surface area contributed by atoms with Crippen molar-refractivity contribution < 1.29 is 4.79 Å². The quantitative estimate of drug-likeness (QED) is 0.484. The predicted molar refractivity (Wildman–Crippen MR) is 54.6 cm³/mol. The molecule has 4 nitrogen and oxygen atoms in total. The molecule has 0 bridgehead atoms. The molecule has 13 heavy (non-hydrogen) atoms. The first-order valence-electron chi connectivity index (χ1n) is 4.64. The van der Waals surface area contributed by atoms with E-state index in [1.165, 1.54) is 0 Å². The summed E-state index contributed by atoms with van der Waals surface area (Å²) in [6.07, 6.45) is 0.418.